The van der Waals surface area contributed by atoms with Crippen molar-refractivity contribution >= 4 is 5.91 Å². The van der Waals surface area contributed by atoms with Crippen LogP contribution in [-0.2, 0) is 17.6 Å². The van der Waals surface area contributed by atoms with Crippen LogP contribution in [0.5, 0.6) is 0 Å². The van der Waals surface area contributed by atoms with Gasteiger partial charge in [-0.25, -0.2) is 0 Å². The highest BCUT2D eigenvalue weighted by Gasteiger charge is 2.37. The second-order valence-corrected chi connectivity index (χ2v) is 9.22. The molecular weight excluding hydrogens is 448 g/mol. The monoisotopic (exact) mass is 482 g/mol. The third-order valence-electron chi connectivity index (χ3n) is 6.51. The van der Waals surface area contributed by atoms with Gasteiger partial charge in [0.2, 0.25) is 17.7 Å². The van der Waals surface area contributed by atoms with E-state index in [9.17, 15) is 9.90 Å². The molecule has 1 amide bonds. The van der Waals surface area contributed by atoms with Gasteiger partial charge in [-0.2, -0.15) is 9.97 Å². The van der Waals surface area contributed by atoms with Crippen LogP contribution >= 0.6 is 0 Å². The van der Waals surface area contributed by atoms with Gasteiger partial charge in [0.05, 0.1) is 12.0 Å². The van der Waals surface area contributed by atoms with Crippen LogP contribution < -0.4 is 10.6 Å². The predicted octanol–water partition coefficient (Wildman–Crippen LogP) is 2.65. The number of nitrogens with one attached hydrogen (secondary N) is 2. The first kappa shape index (κ1) is 25.0. The maximum absolute atomic E-state index is 13.2. The molecule has 1 aliphatic rings. The molecule has 0 bridgehead atoms. The molecule has 2 aromatic heterocycles. The van der Waals surface area contributed by atoms with Crippen molar-refractivity contribution in [2.75, 3.05) is 13.6 Å². The zero-order chi connectivity index (χ0) is 24.6. The number of carbonyl (C=O) groups excluding carboxylic acids is 1. The van der Waals surface area contributed by atoms with E-state index in [1.807, 2.05) is 37.4 Å². The van der Waals surface area contributed by atoms with Crippen LogP contribution in [0.3, 0.4) is 0 Å². The second kappa shape index (κ2) is 12.0. The molecule has 35 heavy (non-hydrogen) atoms. The Balaban J connectivity index is 1.35. The Bertz CT molecular complexity index is 1070. The lowest BCUT2D eigenvalue weighted by molar-refractivity contribution is -0.131. The van der Waals surface area contributed by atoms with Crippen LogP contribution in [-0.4, -0.2) is 51.0 Å². The van der Waals surface area contributed by atoms with Crippen molar-refractivity contribution in [3.63, 3.8) is 0 Å². The van der Waals surface area contributed by atoms with E-state index in [0.717, 1.165) is 31.4 Å². The summed E-state index contributed by atoms with van der Waals surface area (Å²) in [5, 5.41) is 25.0. The number of aromatic nitrogens is 4. The zero-order valence-electron chi connectivity index (χ0n) is 20.3. The number of carbonyl (C=O) groups is 1. The number of nitrogens with zero attached hydrogens (tertiary/aromatic N) is 4. The fourth-order valence-electron chi connectivity index (χ4n) is 4.58. The summed E-state index contributed by atoms with van der Waals surface area (Å²) in [6.45, 7) is 2.70. The predicted molar refractivity (Wildman–Crippen MR) is 127 cm³/mol. The van der Waals surface area contributed by atoms with Crippen molar-refractivity contribution in [1.82, 2.24) is 30.9 Å². The first-order chi connectivity index (χ1) is 17.0. The summed E-state index contributed by atoms with van der Waals surface area (Å²) in [5.74, 6) is 1.35. The zero-order valence-corrected chi connectivity index (χ0v) is 20.3. The minimum Gasteiger partial charge on any atom is -0.392 e. The van der Waals surface area contributed by atoms with E-state index in [-0.39, 0.29) is 11.8 Å². The molecule has 10 heteroatoms. The molecule has 0 spiro atoms. The molecule has 0 aliphatic heterocycles. The van der Waals surface area contributed by atoms with Gasteiger partial charge in [-0.1, -0.05) is 40.6 Å². The second-order valence-electron chi connectivity index (χ2n) is 9.22. The lowest BCUT2D eigenvalue weighted by Crippen LogP contribution is -2.42. The number of hydrogen-bond acceptors (Lipinski definition) is 9. The molecule has 1 aliphatic carbocycles. The van der Waals surface area contributed by atoms with Gasteiger partial charge in [0.25, 0.3) is 0 Å². The lowest BCUT2D eigenvalue weighted by Gasteiger charge is -2.31. The molecule has 188 valence electrons. The van der Waals surface area contributed by atoms with Gasteiger partial charge in [-0.3, -0.25) is 4.79 Å². The van der Waals surface area contributed by atoms with Gasteiger partial charge in [-0.05, 0) is 58.2 Å². The quantitative estimate of drug-likeness (QED) is 0.352. The molecule has 3 N–H and O–H groups in total. The van der Waals surface area contributed by atoms with Crippen LogP contribution in [0.15, 0.2) is 39.4 Å². The summed E-state index contributed by atoms with van der Waals surface area (Å²) >= 11 is 0. The summed E-state index contributed by atoms with van der Waals surface area (Å²) < 4.78 is 10.8. The summed E-state index contributed by atoms with van der Waals surface area (Å²) in [7, 11) is 1.93. The van der Waals surface area contributed by atoms with E-state index >= 15 is 0 Å². The molecular formula is C25H34N6O4. The first-order valence-electron chi connectivity index (χ1n) is 12.3. The van der Waals surface area contributed by atoms with Gasteiger partial charge in [-0.15, -0.1) is 0 Å². The lowest BCUT2D eigenvalue weighted by atomic mass is 9.79. The van der Waals surface area contributed by atoms with Crippen LogP contribution in [0.4, 0.5) is 0 Å². The number of rotatable bonds is 11. The Hall–Kier alpha value is -3.11. The highest BCUT2D eigenvalue weighted by molar-refractivity contribution is 5.79. The standard InChI is InChI=1S/C25H34N6O4/c1-16-27-25(35-30-16)20(14-17-8-4-3-5-9-17)28-24(33)19-12-11-18(15-21(19)32)23-29-22(34-31-23)10-6-7-13-26-2/h3-5,8-9,18-21,26,32H,6-7,10-15H2,1-2H3,(H,28,33)/t18?,19?,20-,21?/m0/s1. The SMILES string of the molecule is CNCCCCc1nc(C2CCC(C(=O)N[C@@H](Cc3ccccc3)c3nc(C)no3)C(O)C2)no1. The Kier molecular flexibility index (Phi) is 8.59. The summed E-state index contributed by atoms with van der Waals surface area (Å²) in [5.41, 5.74) is 1.04. The van der Waals surface area contributed by atoms with Crippen LogP contribution in [0.2, 0.25) is 0 Å². The molecule has 0 radical (unpaired) electrons. The fourth-order valence-corrected chi connectivity index (χ4v) is 4.58. The Morgan fingerprint density at radius 1 is 1.14 bits per heavy atom. The van der Waals surface area contributed by atoms with Crippen molar-refractivity contribution in [2.45, 2.75) is 69.9 Å². The number of aryl methyl sites for hydroxylation is 2. The molecule has 4 atom stereocenters. The highest BCUT2D eigenvalue weighted by Crippen LogP contribution is 2.35. The normalized spacial score (nSPS) is 21.1. The van der Waals surface area contributed by atoms with E-state index in [1.165, 1.54) is 0 Å². The number of hydrogen-bond donors (Lipinski definition) is 3. The van der Waals surface area contributed by atoms with Crippen molar-refractivity contribution in [3.05, 3.63) is 59.3 Å². The number of unbranched alkanes of at least 4 members (excludes halogenated alkanes) is 1. The largest absolute Gasteiger partial charge is 0.392 e. The Labute approximate surface area is 204 Å². The fraction of sp³-hybridized carbons (Fsp3) is 0.560. The molecule has 1 aromatic carbocycles. The molecule has 10 nitrogen and oxygen atoms in total. The van der Waals surface area contributed by atoms with E-state index in [0.29, 0.717) is 49.1 Å². The third kappa shape index (κ3) is 6.73. The number of aliphatic hydroxyl groups excluding tert-OH is 1. The number of amides is 1. The molecule has 3 aromatic rings. The minimum absolute atomic E-state index is 0.0254. The van der Waals surface area contributed by atoms with Gasteiger partial charge >= 0.3 is 0 Å². The highest BCUT2D eigenvalue weighted by atomic mass is 16.5. The molecule has 3 unspecified atom stereocenters. The van der Waals surface area contributed by atoms with Crippen molar-refractivity contribution in [2.24, 2.45) is 5.92 Å². The summed E-state index contributed by atoms with van der Waals surface area (Å²) in [6, 6.07) is 9.34. The smallest absolute Gasteiger partial charge is 0.249 e. The van der Waals surface area contributed by atoms with E-state index < -0.39 is 18.1 Å². The summed E-state index contributed by atoms with van der Waals surface area (Å²) in [4.78, 5) is 22.1. The van der Waals surface area contributed by atoms with Gasteiger partial charge in [0, 0.05) is 18.8 Å². The van der Waals surface area contributed by atoms with E-state index in [1.54, 1.807) is 6.92 Å². The maximum Gasteiger partial charge on any atom is 0.249 e. The van der Waals surface area contributed by atoms with Crippen molar-refractivity contribution < 1.29 is 18.9 Å². The number of aliphatic hydroxyl groups is 1. The molecule has 2 heterocycles. The van der Waals surface area contributed by atoms with E-state index in [4.69, 9.17) is 9.05 Å². The Morgan fingerprint density at radius 3 is 2.69 bits per heavy atom. The van der Waals surface area contributed by atoms with E-state index in [2.05, 4.69) is 30.9 Å². The van der Waals surface area contributed by atoms with Crippen molar-refractivity contribution in [3.8, 4) is 0 Å². The third-order valence-corrected chi connectivity index (χ3v) is 6.51. The van der Waals surface area contributed by atoms with Gasteiger partial charge < -0.3 is 24.8 Å². The minimum atomic E-state index is -0.798. The molecule has 4 rings (SSSR count). The molecule has 1 saturated carbocycles. The van der Waals surface area contributed by atoms with Crippen molar-refractivity contribution in [1.29, 1.82) is 0 Å². The first-order valence-corrected chi connectivity index (χ1v) is 12.3. The Morgan fingerprint density at radius 2 is 1.97 bits per heavy atom. The van der Waals surface area contributed by atoms with Gasteiger partial charge in [0.15, 0.2) is 11.6 Å². The molecule has 1 fully saturated rings. The average molecular weight is 483 g/mol. The van der Waals surface area contributed by atoms with Crippen LogP contribution in [0.25, 0.3) is 0 Å². The average Bonchev–Trinajstić information content (AvgIpc) is 3.51. The van der Waals surface area contributed by atoms with Gasteiger partial charge in [0.1, 0.15) is 6.04 Å². The molecule has 0 saturated heterocycles. The van der Waals surface area contributed by atoms with Crippen LogP contribution in [0, 0.1) is 12.8 Å². The number of benzene rings is 1. The maximum atomic E-state index is 13.2. The summed E-state index contributed by atoms with van der Waals surface area (Å²) in [6.07, 6.45) is 4.13. The van der Waals surface area contributed by atoms with Crippen LogP contribution in [0.1, 0.15) is 73.1 Å². The topological polar surface area (TPSA) is 139 Å².